The second-order valence-corrected chi connectivity index (χ2v) is 15.8. The van der Waals surface area contributed by atoms with Gasteiger partial charge in [-0.05, 0) is 67.5 Å². The summed E-state index contributed by atoms with van der Waals surface area (Å²) < 4.78 is 65.3. The van der Waals surface area contributed by atoms with Crippen LogP contribution in [0.25, 0.3) is 32.6 Å². The molecular weight excluding hydrogens is 784 g/mol. The highest BCUT2D eigenvalue weighted by Gasteiger charge is 2.44. The number of hydrogen-bond donors (Lipinski definition) is 0. The van der Waals surface area contributed by atoms with Crippen LogP contribution in [-0.2, 0) is 20.9 Å². The van der Waals surface area contributed by atoms with E-state index >= 15 is 0 Å². The number of carbonyl (C=O) groups excluding carboxylic acids is 2. The van der Waals surface area contributed by atoms with Crippen LogP contribution in [0.5, 0.6) is 5.75 Å². The predicted octanol–water partition coefficient (Wildman–Crippen LogP) is 12.7. The minimum absolute atomic E-state index is 0.0131. The number of methoxy groups -OCH3 is 1. The zero-order valence-corrected chi connectivity index (χ0v) is 34.8. The molecule has 3 unspecified atom stereocenters. The van der Waals surface area contributed by atoms with Gasteiger partial charge < -0.3 is 18.9 Å². The molecule has 1 heterocycles. The first-order chi connectivity index (χ1) is 28.2. The van der Waals surface area contributed by atoms with Gasteiger partial charge in [0.1, 0.15) is 5.75 Å². The molecule has 312 valence electrons. The lowest BCUT2D eigenvalue weighted by Crippen LogP contribution is -2.33. The molecule has 5 aromatic rings. The highest BCUT2D eigenvalue weighted by Crippen LogP contribution is 2.41. The highest BCUT2D eigenvalue weighted by molar-refractivity contribution is 6.36. The maximum Gasteiger partial charge on any atom is 0.461 e. The van der Waals surface area contributed by atoms with Gasteiger partial charge in [0.25, 0.3) is 0 Å². The Morgan fingerprint density at radius 1 is 0.966 bits per heavy atom. The zero-order valence-electron chi connectivity index (χ0n) is 34.1. The summed E-state index contributed by atoms with van der Waals surface area (Å²) in [6.07, 6.45) is 0.220. The Hall–Kier alpha value is -5.00. The summed E-state index contributed by atoms with van der Waals surface area (Å²) in [7, 11) is 1.68. The van der Waals surface area contributed by atoms with Crippen molar-refractivity contribution in [2.24, 2.45) is 22.9 Å². The minimum Gasteiger partial charge on any atom is -0.428 e. The number of benzene rings is 4. The van der Waals surface area contributed by atoms with Gasteiger partial charge in [0.05, 0.1) is 22.9 Å². The summed E-state index contributed by atoms with van der Waals surface area (Å²) in [5, 5.41) is 7.36. The Morgan fingerprint density at radius 2 is 1.71 bits per heavy atom. The Balaban J connectivity index is 1.57. The predicted molar refractivity (Wildman–Crippen MR) is 226 cm³/mol. The number of aromatic nitrogens is 1. The van der Waals surface area contributed by atoms with Crippen LogP contribution in [0.2, 0.25) is 5.02 Å². The van der Waals surface area contributed by atoms with Crippen molar-refractivity contribution in [2.45, 2.75) is 85.8 Å². The van der Waals surface area contributed by atoms with Gasteiger partial charge in [0, 0.05) is 70.8 Å². The summed E-state index contributed by atoms with van der Waals surface area (Å²) in [5.74, 6) is -1.31. The fraction of sp³-hybridized carbons (Fsp3) is 0.383. The number of halogens is 5. The second-order valence-electron chi connectivity index (χ2n) is 15.4. The third-order valence-electron chi connectivity index (χ3n) is 11.3. The summed E-state index contributed by atoms with van der Waals surface area (Å²) in [6.45, 7) is 11.1. The highest BCUT2D eigenvalue weighted by atomic mass is 35.5. The molecule has 1 aliphatic carbocycles. The molecule has 0 bridgehead atoms. The molecule has 3 atom stereocenters. The zero-order chi connectivity index (χ0) is 42.6. The van der Waals surface area contributed by atoms with Gasteiger partial charge in [-0.2, -0.15) is 17.6 Å². The van der Waals surface area contributed by atoms with E-state index in [1.165, 1.54) is 18.6 Å². The lowest BCUT2D eigenvalue weighted by Gasteiger charge is -2.27. The van der Waals surface area contributed by atoms with E-state index in [9.17, 15) is 27.2 Å². The smallest absolute Gasteiger partial charge is 0.428 e. The normalized spacial score (nSPS) is 16.1. The van der Waals surface area contributed by atoms with Crippen LogP contribution in [-0.4, -0.2) is 48.3 Å². The Morgan fingerprint density at radius 3 is 2.37 bits per heavy atom. The third kappa shape index (κ3) is 9.26. The molecule has 0 fully saturated rings. The summed E-state index contributed by atoms with van der Waals surface area (Å²) >= 11 is 6.50. The number of nitrogens with zero attached hydrogens (tertiary/aromatic N) is 2. The Labute approximate surface area is 346 Å². The number of unbranched alkanes of at least 4 members (excludes halogenated alkanes) is 1. The minimum atomic E-state index is -4.74. The first kappa shape index (κ1) is 43.6. The third-order valence-corrected chi connectivity index (χ3v) is 11.6. The molecule has 12 heteroatoms. The van der Waals surface area contributed by atoms with Crippen molar-refractivity contribution in [1.82, 2.24) is 4.57 Å². The van der Waals surface area contributed by atoms with Crippen LogP contribution in [0.15, 0.2) is 95.2 Å². The van der Waals surface area contributed by atoms with E-state index in [1.54, 1.807) is 7.11 Å². The standard InChI is InChI=1S/C47H49ClF4N2O5/c1-7-9-12-30(8-2)25-54-42-20-17-32(43(53-59-29(5)55)37-21-31(16-15-27(37)3)28(4)26-57-6)22-38(42)39-24-40(34-13-10-11-14-35(34)44(39)54)45(56)36-19-18-33(23-41(36)48)58-47(51,52)46(49)50/h10-11,13-20,22-24,28,30,37,46H,7-9,12,21,25-26H2,1-6H3/b53-43-. The average molecular weight is 833 g/mol. The lowest BCUT2D eigenvalue weighted by atomic mass is 9.79. The number of allylic oxidation sites excluding steroid dienone is 3. The Kier molecular flexibility index (Phi) is 13.7. The van der Waals surface area contributed by atoms with Crippen LogP contribution in [0, 0.1) is 17.8 Å². The fourth-order valence-electron chi connectivity index (χ4n) is 8.05. The van der Waals surface area contributed by atoms with E-state index in [1.807, 2.05) is 49.4 Å². The molecule has 59 heavy (non-hydrogen) atoms. The SMILES string of the molecule is CCCCC(CC)Cn1c2ccc(/C(=N/OC(C)=O)C3CC(C(C)COC)=CC=C3C)cc2c2cc(C(=O)c3ccc(OC(F)(F)C(F)F)cc3Cl)c3ccccc3c21. The van der Waals surface area contributed by atoms with Gasteiger partial charge in [-0.1, -0.05) is 110 Å². The fourth-order valence-corrected chi connectivity index (χ4v) is 8.31. The molecule has 0 aliphatic heterocycles. The number of ketones is 1. The van der Waals surface area contributed by atoms with Gasteiger partial charge in [0.2, 0.25) is 0 Å². The topological polar surface area (TPSA) is 79.1 Å². The quantitative estimate of drug-likeness (QED) is 0.0306. The summed E-state index contributed by atoms with van der Waals surface area (Å²) in [6, 6.07) is 18.7. The van der Waals surface area contributed by atoms with Gasteiger partial charge in [-0.3, -0.25) is 4.79 Å². The van der Waals surface area contributed by atoms with E-state index in [2.05, 4.69) is 53.4 Å². The number of ether oxygens (including phenoxy) is 2. The molecule has 4 aromatic carbocycles. The first-order valence-electron chi connectivity index (χ1n) is 20.0. The van der Waals surface area contributed by atoms with Crippen molar-refractivity contribution < 1.29 is 41.5 Å². The van der Waals surface area contributed by atoms with Crippen molar-refractivity contribution in [3.05, 3.63) is 112 Å². The second kappa shape index (κ2) is 18.5. The van der Waals surface area contributed by atoms with Gasteiger partial charge >= 0.3 is 18.5 Å². The number of fused-ring (bicyclic) bond motifs is 5. The molecule has 1 aromatic heterocycles. The summed E-state index contributed by atoms with van der Waals surface area (Å²) in [4.78, 5) is 32.1. The summed E-state index contributed by atoms with van der Waals surface area (Å²) in [5.41, 5.74) is 5.76. The van der Waals surface area contributed by atoms with Crippen molar-refractivity contribution in [3.63, 3.8) is 0 Å². The van der Waals surface area contributed by atoms with Crippen LogP contribution < -0.4 is 4.74 Å². The van der Waals surface area contributed by atoms with Crippen LogP contribution in [0.3, 0.4) is 0 Å². The van der Waals surface area contributed by atoms with E-state index < -0.39 is 30.0 Å². The van der Waals surface area contributed by atoms with E-state index in [4.69, 9.17) is 21.2 Å². The number of carbonyl (C=O) groups is 2. The number of alkyl halides is 4. The molecule has 0 N–H and O–H groups in total. The van der Waals surface area contributed by atoms with E-state index in [0.29, 0.717) is 35.6 Å². The maximum absolute atomic E-state index is 14.5. The first-order valence-corrected chi connectivity index (χ1v) is 20.4. The molecule has 0 radical (unpaired) electrons. The van der Waals surface area contributed by atoms with E-state index in [0.717, 1.165) is 82.7 Å². The molecule has 0 saturated heterocycles. The largest absolute Gasteiger partial charge is 0.461 e. The van der Waals surface area contributed by atoms with Crippen LogP contribution >= 0.6 is 11.6 Å². The van der Waals surface area contributed by atoms with Crippen LogP contribution in [0.1, 0.15) is 88.2 Å². The molecule has 6 rings (SSSR count). The van der Waals surface area contributed by atoms with Crippen LogP contribution in [0.4, 0.5) is 17.6 Å². The van der Waals surface area contributed by atoms with Crippen molar-refractivity contribution in [2.75, 3.05) is 13.7 Å². The number of hydrogen-bond acceptors (Lipinski definition) is 6. The number of rotatable bonds is 17. The lowest BCUT2D eigenvalue weighted by molar-refractivity contribution is -0.253. The van der Waals surface area contributed by atoms with Gasteiger partial charge in [0.15, 0.2) is 5.78 Å². The molecular formula is C47H49ClF4N2O5. The van der Waals surface area contributed by atoms with Crippen molar-refractivity contribution >= 4 is 61.6 Å². The van der Waals surface area contributed by atoms with E-state index in [-0.39, 0.29) is 22.4 Å². The Bertz CT molecular complexity index is 2470. The molecule has 0 spiro atoms. The van der Waals surface area contributed by atoms with Gasteiger partial charge in [-0.15, -0.1) is 0 Å². The average Bonchev–Trinajstić information content (AvgIpc) is 3.51. The molecule has 0 amide bonds. The van der Waals surface area contributed by atoms with Crippen molar-refractivity contribution in [3.8, 4) is 5.75 Å². The monoisotopic (exact) mass is 832 g/mol. The molecule has 1 aliphatic rings. The maximum atomic E-state index is 14.5. The van der Waals surface area contributed by atoms with Crippen molar-refractivity contribution in [1.29, 1.82) is 0 Å². The molecule has 7 nitrogen and oxygen atoms in total. The van der Waals surface area contributed by atoms with Gasteiger partial charge in [-0.25, -0.2) is 4.79 Å². The molecule has 0 saturated carbocycles. The number of oxime groups is 1.